The maximum atomic E-state index is 6.06. The average molecular weight is 242 g/mol. The van der Waals surface area contributed by atoms with Crippen LogP contribution in [0.15, 0.2) is 18.2 Å². The van der Waals surface area contributed by atoms with E-state index in [1.807, 2.05) is 18.2 Å². The number of hydrogen-bond acceptors (Lipinski definition) is 2. The molecule has 1 aromatic rings. The lowest BCUT2D eigenvalue weighted by Crippen LogP contribution is -2.26. The standard InChI is InChI=1S/C13H20ClNO/c1-4-11(5-2)15-9-10-6-7-13(16-3)12(14)8-10/h6-8,11,15H,4-5,9H2,1-3H3. The fourth-order valence-corrected chi connectivity index (χ4v) is 1.94. The Balaban J connectivity index is 2.58. The third-order valence-electron chi connectivity index (χ3n) is 2.80. The first-order valence-corrected chi connectivity index (χ1v) is 6.14. The van der Waals surface area contributed by atoms with E-state index in [9.17, 15) is 0 Å². The molecule has 0 saturated heterocycles. The first-order valence-electron chi connectivity index (χ1n) is 5.77. The Morgan fingerprint density at radius 2 is 2.00 bits per heavy atom. The van der Waals surface area contributed by atoms with Gasteiger partial charge in [-0.1, -0.05) is 31.5 Å². The second kappa shape index (κ2) is 6.77. The third-order valence-corrected chi connectivity index (χ3v) is 3.09. The van der Waals surface area contributed by atoms with E-state index >= 15 is 0 Å². The zero-order valence-corrected chi connectivity index (χ0v) is 11.0. The van der Waals surface area contributed by atoms with E-state index in [-0.39, 0.29) is 0 Å². The van der Waals surface area contributed by atoms with Crippen molar-refractivity contribution in [3.8, 4) is 5.75 Å². The van der Waals surface area contributed by atoms with Crippen molar-refractivity contribution in [2.24, 2.45) is 0 Å². The molecule has 0 fully saturated rings. The molecule has 0 heterocycles. The summed E-state index contributed by atoms with van der Waals surface area (Å²) in [6, 6.07) is 6.49. The topological polar surface area (TPSA) is 21.3 Å². The van der Waals surface area contributed by atoms with Crippen LogP contribution < -0.4 is 10.1 Å². The maximum absolute atomic E-state index is 6.06. The molecule has 0 bridgehead atoms. The Labute approximate surface area is 103 Å². The van der Waals surface area contributed by atoms with E-state index in [0.29, 0.717) is 11.1 Å². The Hall–Kier alpha value is -0.730. The second-order valence-electron chi connectivity index (χ2n) is 3.86. The van der Waals surface area contributed by atoms with Crippen LogP contribution in [0.4, 0.5) is 0 Å². The minimum Gasteiger partial charge on any atom is -0.495 e. The van der Waals surface area contributed by atoms with Gasteiger partial charge in [-0.3, -0.25) is 0 Å². The van der Waals surface area contributed by atoms with Crippen molar-refractivity contribution in [1.82, 2.24) is 5.32 Å². The number of hydrogen-bond donors (Lipinski definition) is 1. The van der Waals surface area contributed by atoms with Gasteiger partial charge in [-0.15, -0.1) is 0 Å². The first-order chi connectivity index (χ1) is 7.71. The largest absolute Gasteiger partial charge is 0.495 e. The minimum absolute atomic E-state index is 0.584. The zero-order valence-electron chi connectivity index (χ0n) is 10.2. The Bertz CT molecular complexity index is 324. The Morgan fingerprint density at radius 1 is 1.31 bits per heavy atom. The predicted octanol–water partition coefficient (Wildman–Crippen LogP) is 3.63. The highest BCUT2D eigenvalue weighted by atomic mass is 35.5. The van der Waals surface area contributed by atoms with E-state index in [2.05, 4.69) is 19.2 Å². The highest BCUT2D eigenvalue weighted by Crippen LogP contribution is 2.24. The fourth-order valence-electron chi connectivity index (χ4n) is 1.66. The summed E-state index contributed by atoms with van der Waals surface area (Å²) in [5, 5.41) is 4.17. The number of rotatable bonds is 6. The third kappa shape index (κ3) is 3.69. The van der Waals surface area contributed by atoms with Crippen LogP contribution >= 0.6 is 11.6 Å². The molecule has 0 aliphatic carbocycles. The van der Waals surface area contributed by atoms with E-state index in [1.165, 1.54) is 5.56 Å². The van der Waals surface area contributed by atoms with Gasteiger partial charge >= 0.3 is 0 Å². The van der Waals surface area contributed by atoms with Crippen molar-refractivity contribution < 1.29 is 4.74 Å². The molecule has 1 rings (SSSR count). The molecular formula is C13H20ClNO. The molecule has 1 aromatic carbocycles. The highest BCUT2D eigenvalue weighted by Gasteiger charge is 2.04. The second-order valence-corrected chi connectivity index (χ2v) is 4.27. The van der Waals surface area contributed by atoms with Crippen LogP contribution in [0.3, 0.4) is 0 Å². The maximum Gasteiger partial charge on any atom is 0.137 e. The number of methoxy groups -OCH3 is 1. The monoisotopic (exact) mass is 241 g/mol. The molecule has 0 aromatic heterocycles. The molecule has 1 N–H and O–H groups in total. The molecule has 0 atom stereocenters. The van der Waals surface area contributed by atoms with Crippen molar-refractivity contribution >= 4 is 11.6 Å². The van der Waals surface area contributed by atoms with Crippen LogP contribution in [-0.4, -0.2) is 13.2 Å². The van der Waals surface area contributed by atoms with E-state index < -0.39 is 0 Å². The van der Waals surface area contributed by atoms with Gasteiger partial charge in [0.15, 0.2) is 0 Å². The predicted molar refractivity (Wildman–Crippen MR) is 69.2 cm³/mol. The van der Waals surface area contributed by atoms with Gasteiger partial charge in [-0.25, -0.2) is 0 Å². The lowest BCUT2D eigenvalue weighted by molar-refractivity contribution is 0.414. The summed E-state index contributed by atoms with van der Waals surface area (Å²) in [5.74, 6) is 0.730. The molecule has 0 aliphatic rings. The van der Waals surface area contributed by atoms with Gasteiger partial charge in [0, 0.05) is 12.6 Å². The van der Waals surface area contributed by atoms with Crippen molar-refractivity contribution in [2.45, 2.75) is 39.3 Å². The summed E-state index contributed by atoms with van der Waals surface area (Å²) >= 11 is 6.06. The molecule has 16 heavy (non-hydrogen) atoms. The summed E-state index contributed by atoms with van der Waals surface area (Å²) in [6.07, 6.45) is 2.31. The molecule has 0 amide bonds. The summed E-state index contributed by atoms with van der Waals surface area (Å²) in [4.78, 5) is 0. The molecule has 0 radical (unpaired) electrons. The van der Waals surface area contributed by atoms with Gasteiger partial charge in [0.05, 0.1) is 12.1 Å². The van der Waals surface area contributed by atoms with Gasteiger partial charge in [0.2, 0.25) is 0 Å². The molecule has 2 nitrogen and oxygen atoms in total. The van der Waals surface area contributed by atoms with Gasteiger partial charge in [0.25, 0.3) is 0 Å². The highest BCUT2D eigenvalue weighted by molar-refractivity contribution is 6.32. The van der Waals surface area contributed by atoms with E-state index in [0.717, 1.165) is 25.1 Å². The zero-order chi connectivity index (χ0) is 12.0. The van der Waals surface area contributed by atoms with Crippen LogP contribution in [0.2, 0.25) is 5.02 Å². The van der Waals surface area contributed by atoms with Gasteiger partial charge in [0.1, 0.15) is 5.75 Å². The summed E-state index contributed by atoms with van der Waals surface area (Å²) in [6.45, 7) is 5.25. The smallest absolute Gasteiger partial charge is 0.137 e. The fraction of sp³-hybridized carbons (Fsp3) is 0.538. The van der Waals surface area contributed by atoms with Crippen LogP contribution in [0.25, 0.3) is 0 Å². The van der Waals surface area contributed by atoms with Crippen molar-refractivity contribution in [3.05, 3.63) is 28.8 Å². The molecule has 0 unspecified atom stereocenters. The molecule has 0 spiro atoms. The number of halogens is 1. The van der Waals surface area contributed by atoms with Crippen molar-refractivity contribution in [2.75, 3.05) is 7.11 Å². The molecule has 0 aliphatic heterocycles. The molecular weight excluding hydrogens is 222 g/mol. The summed E-state index contributed by atoms with van der Waals surface area (Å²) < 4.78 is 5.12. The Morgan fingerprint density at radius 3 is 2.50 bits per heavy atom. The van der Waals surface area contributed by atoms with Crippen molar-refractivity contribution in [3.63, 3.8) is 0 Å². The molecule has 90 valence electrons. The van der Waals surface area contributed by atoms with Crippen LogP contribution in [0.1, 0.15) is 32.3 Å². The normalized spacial score (nSPS) is 10.8. The van der Waals surface area contributed by atoms with Gasteiger partial charge < -0.3 is 10.1 Å². The van der Waals surface area contributed by atoms with Crippen LogP contribution in [0.5, 0.6) is 5.75 Å². The first kappa shape index (κ1) is 13.3. The lowest BCUT2D eigenvalue weighted by atomic mass is 10.1. The van der Waals surface area contributed by atoms with Crippen LogP contribution in [-0.2, 0) is 6.54 Å². The number of nitrogens with one attached hydrogen (secondary N) is 1. The van der Waals surface area contributed by atoms with E-state index in [1.54, 1.807) is 7.11 Å². The lowest BCUT2D eigenvalue weighted by Gasteiger charge is -2.15. The molecule has 3 heteroatoms. The number of benzene rings is 1. The van der Waals surface area contributed by atoms with E-state index in [4.69, 9.17) is 16.3 Å². The van der Waals surface area contributed by atoms with Crippen molar-refractivity contribution in [1.29, 1.82) is 0 Å². The Kier molecular flexibility index (Phi) is 5.64. The number of ether oxygens (including phenoxy) is 1. The molecule has 0 saturated carbocycles. The summed E-state index contributed by atoms with van der Waals surface area (Å²) in [5.41, 5.74) is 1.19. The average Bonchev–Trinajstić information content (AvgIpc) is 2.30. The minimum atomic E-state index is 0.584. The van der Waals surface area contributed by atoms with Gasteiger partial charge in [-0.2, -0.15) is 0 Å². The van der Waals surface area contributed by atoms with Crippen LogP contribution in [0, 0.1) is 0 Å². The van der Waals surface area contributed by atoms with Gasteiger partial charge in [-0.05, 0) is 30.5 Å². The SMILES string of the molecule is CCC(CC)NCc1ccc(OC)c(Cl)c1. The quantitative estimate of drug-likeness (QED) is 0.821. The summed E-state index contributed by atoms with van der Waals surface area (Å²) in [7, 11) is 1.63.